The van der Waals surface area contributed by atoms with E-state index in [2.05, 4.69) is 10.3 Å². The molecular weight excluding hydrogens is 302 g/mol. The standard InChI is InChI=1S/C19H19N3O2/c20-19(24)17(22-18(23)10-13-6-2-1-3-7-13)11-14-12-21-16-9-5-4-8-15(14)16/h1-9,12,17,21H,10-11H2,(H2,20,24)(H,22,23)/t17-/m0/s1. The van der Waals surface area contributed by atoms with E-state index in [-0.39, 0.29) is 12.3 Å². The average Bonchev–Trinajstić information content (AvgIpc) is 2.98. The maximum absolute atomic E-state index is 12.2. The van der Waals surface area contributed by atoms with Gasteiger partial charge in [0.15, 0.2) is 0 Å². The van der Waals surface area contributed by atoms with E-state index in [9.17, 15) is 9.59 Å². The van der Waals surface area contributed by atoms with Gasteiger partial charge in [-0.05, 0) is 17.2 Å². The molecule has 5 heteroatoms. The van der Waals surface area contributed by atoms with Gasteiger partial charge in [-0.2, -0.15) is 0 Å². The van der Waals surface area contributed by atoms with Crippen LogP contribution in [0.15, 0.2) is 60.8 Å². The number of aromatic nitrogens is 1. The molecule has 2 aromatic carbocycles. The van der Waals surface area contributed by atoms with E-state index in [1.807, 2.05) is 60.8 Å². The van der Waals surface area contributed by atoms with Crippen LogP contribution in [0.25, 0.3) is 10.9 Å². The Morgan fingerprint density at radius 3 is 2.50 bits per heavy atom. The highest BCUT2D eigenvalue weighted by Gasteiger charge is 2.20. The van der Waals surface area contributed by atoms with Gasteiger partial charge in [0.1, 0.15) is 6.04 Å². The largest absolute Gasteiger partial charge is 0.368 e. The van der Waals surface area contributed by atoms with Crippen molar-refractivity contribution in [2.75, 3.05) is 0 Å². The third kappa shape index (κ3) is 3.63. The molecule has 0 saturated heterocycles. The fourth-order valence-electron chi connectivity index (χ4n) is 2.77. The smallest absolute Gasteiger partial charge is 0.240 e. The van der Waals surface area contributed by atoms with Crippen LogP contribution in [0.4, 0.5) is 0 Å². The van der Waals surface area contributed by atoms with E-state index in [0.717, 1.165) is 22.0 Å². The summed E-state index contributed by atoms with van der Waals surface area (Å²) >= 11 is 0. The first-order valence-corrected chi connectivity index (χ1v) is 7.81. The zero-order valence-corrected chi connectivity index (χ0v) is 13.2. The molecule has 5 nitrogen and oxygen atoms in total. The van der Waals surface area contributed by atoms with Crippen LogP contribution in [0.5, 0.6) is 0 Å². The minimum Gasteiger partial charge on any atom is -0.368 e. The molecule has 0 fully saturated rings. The van der Waals surface area contributed by atoms with Gasteiger partial charge in [-0.25, -0.2) is 0 Å². The number of nitrogens with two attached hydrogens (primary N) is 1. The van der Waals surface area contributed by atoms with Crippen molar-refractivity contribution in [1.29, 1.82) is 0 Å². The molecule has 1 atom stereocenters. The second-order valence-electron chi connectivity index (χ2n) is 5.75. The number of fused-ring (bicyclic) bond motifs is 1. The van der Waals surface area contributed by atoms with Crippen LogP contribution >= 0.6 is 0 Å². The quantitative estimate of drug-likeness (QED) is 0.648. The maximum Gasteiger partial charge on any atom is 0.240 e. The first-order valence-electron chi connectivity index (χ1n) is 7.81. The number of hydrogen-bond acceptors (Lipinski definition) is 2. The fraction of sp³-hybridized carbons (Fsp3) is 0.158. The van der Waals surface area contributed by atoms with Gasteiger partial charge in [-0.15, -0.1) is 0 Å². The summed E-state index contributed by atoms with van der Waals surface area (Å²) in [6, 6.07) is 16.5. The summed E-state index contributed by atoms with van der Waals surface area (Å²) in [5.41, 5.74) is 8.31. The van der Waals surface area contributed by atoms with Gasteiger partial charge in [0, 0.05) is 23.5 Å². The van der Waals surface area contributed by atoms with Gasteiger partial charge in [-0.3, -0.25) is 9.59 Å². The molecule has 0 unspecified atom stereocenters. The van der Waals surface area contributed by atoms with E-state index < -0.39 is 11.9 Å². The molecule has 0 aliphatic carbocycles. The van der Waals surface area contributed by atoms with Gasteiger partial charge in [0.05, 0.1) is 6.42 Å². The zero-order valence-electron chi connectivity index (χ0n) is 13.2. The number of carbonyl (C=O) groups excluding carboxylic acids is 2. The molecule has 0 saturated carbocycles. The highest BCUT2D eigenvalue weighted by atomic mass is 16.2. The monoisotopic (exact) mass is 321 g/mol. The van der Waals surface area contributed by atoms with Crippen molar-refractivity contribution in [3.63, 3.8) is 0 Å². The minimum absolute atomic E-state index is 0.218. The Morgan fingerprint density at radius 2 is 1.75 bits per heavy atom. The van der Waals surface area contributed by atoms with Gasteiger partial charge in [0.25, 0.3) is 0 Å². The number of aromatic amines is 1. The Bertz CT molecular complexity index is 855. The summed E-state index contributed by atoms with van der Waals surface area (Å²) in [4.78, 5) is 27.1. The van der Waals surface area contributed by atoms with E-state index in [1.165, 1.54) is 0 Å². The first kappa shape index (κ1) is 15.8. The SMILES string of the molecule is NC(=O)[C@H](Cc1c[nH]c2ccccc12)NC(=O)Cc1ccccc1. The normalized spacial score (nSPS) is 12.0. The number of H-pyrrole nitrogens is 1. The fourth-order valence-corrected chi connectivity index (χ4v) is 2.77. The predicted octanol–water partition coefficient (Wildman–Crippen LogP) is 1.92. The highest BCUT2D eigenvalue weighted by Crippen LogP contribution is 2.19. The van der Waals surface area contributed by atoms with Crippen LogP contribution in [0.3, 0.4) is 0 Å². The number of primary amides is 1. The van der Waals surface area contributed by atoms with E-state index in [1.54, 1.807) is 0 Å². The number of para-hydroxylation sites is 1. The van der Waals surface area contributed by atoms with Gasteiger partial charge < -0.3 is 16.0 Å². The number of benzene rings is 2. The molecule has 2 amide bonds. The lowest BCUT2D eigenvalue weighted by Gasteiger charge is -2.15. The number of carbonyl (C=O) groups is 2. The minimum atomic E-state index is -0.736. The topological polar surface area (TPSA) is 88.0 Å². The summed E-state index contributed by atoms with van der Waals surface area (Å²) in [5.74, 6) is -0.758. The Balaban J connectivity index is 1.71. The third-order valence-electron chi connectivity index (χ3n) is 3.99. The summed E-state index contributed by atoms with van der Waals surface area (Å²) in [6.07, 6.45) is 2.43. The number of rotatable bonds is 6. The van der Waals surface area contributed by atoms with Crippen molar-refractivity contribution in [3.8, 4) is 0 Å². The van der Waals surface area contributed by atoms with Crippen molar-refractivity contribution in [2.45, 2.75) is 18.9 Å². The van der Waals surface area contributed by atoms with Crippen LogP contribution in [0, 0.1) is 0 Å². The number of nitrogens with one attached hydrogen (secondary N) is 2. The molecule has 24 heavy (non-hydrogen) atoms. The second kappa shape index (κ2) is 7.00. The molecule has 1 aromatic heterocycles. The van der Waals surface area contributed by atoms with Crippen molar-refractivity contribution in [2.24, 2.45) is 5.73 Å². The van der Waals surface area contributed by atoms with Crippen LogP contribution < -0.4 is 11.1 Å². The Morgan fingerprint density at radius 1 is 1.04 bits per heavy atom. The Hall–Kier alpha value is -3.08. The third-order valence-corrected chi connectivity index (χ3v) is 3.99. The second-order valence-corrected chi connectivity index (χ2v) is 5.75. The Kier molecular flexibility index (Phi) is 4.61. The summed E-state index contributed by atoms with van der Waals surface area (Å²) in [6.45, 7) is 0. The summed E-state index contributed by atoms with van der Waals surface area (Å²) in [5, 5.41) is 3.77. The molecule has 0 aliphatic rings. The van der Waals surface area contributed by atoms with Crippen LogP contribution in [-0.2, 0) is 22.4 Å². The van der Waals surface area contributed by atoms with Crippen molar-refractivity contribution in [3.05, 3.63) is 71.9 Å². The molecular formula is C19H19N3O2. The van der Waals surface area contributed by atoms with Crippen LogP contribution in [0.2, 0.25) is 0 Å². The highest BCUT2D eigenvalue weighted by molar-refractivity contribution is 5.89. The molecule has 122 valence electrons. The van der Waals surface area contributed by atoms with Crippen molar-refractivity contribution < 1.29 is 9.59 Å². The maximum atomic E-state index is 12.2. The van der Waals surface area contributed by atoms with Gasteiger partial charge >= 0.3 is 0 Å². The van der Waals surface area contributed by atoms with Gasteiger partial charge in [0.2, 0.25) is 11.8 Å². The van der Waals surface area contributed by atoms with Crippen LogP contribution in [-0.4, -0.2) is 22.8 Å². The summed E-state index contributed by atoms with van der Waals surface area (Å²) in [7, 11) is 0. The first-order chi connectivity index (χ1) is 11.6. The molecule has 3 aromatic rings. The molecule has 4 N–H and O–H groups in total. The molecule has 1 heterocycles. The van der Waals surface area contributed by atoms with E-state index >= 15 is 0 Å². The predicted molar refractivity (Wildman–Crippen MR) is 93.3 cm³/mol. The Labute approximate surface area is 139 Å². The van der Waals surface area contributed by atoms with E-state index in [0.29, 0.717) is 6.42 Å². The van der Waals surface area contributed by atoms with Gasteiger partial charge in [-0.1, -0.05) is 48.5 Å². The average molecular weight is 321 g/mol. The van der Waals surface area contributed by atoms with Crippen molar-refractivity contribution >= 4 is 22.7 Å². The molecule has 0 spiro atoms. The molecule has 0 aliphatic heterocycles. The molecule has 3 rings (SSSR count). The zero-order chi connectivity index (χ0) is 16.9. The van der Waals surface area contributed by atoms with E-state index in [4.69, 9.17) is 5.73 Å². The number of hydrogen-bond donors (Lipinski definition) is 3. The summed E-state index contributed by atoms with van der Waals surface area (Å²) < 4.78 is 0. The lowest BCUT2D eigenvalue weighted by Crippen LogP contribution is -2.46. The van der Waals surface area contributed by atoms with Crippen LogP contribution in [0.1, 0.15) is 11.1 Å². The lowest BCUT2D eigenvalue weighted by atomic mass is 10.0. The lowest BCUT2D eigenvalue weighted by molar-refractivity contribution is -0.126. The number of amides is 2. The molecule has 0 radical (unpaired) electrons. The molecule has 0 bridgehead atoms. The van der Waals surface area contributed by atoms with Crippen molar-refractivity contribution in [1.82, 2.24) is 10.3 Å².